The van der Waals surface area contributed by atoms with Crippen LogP contribution < -0.4 is 5.32 Å². The number of halogens is 1. The SMILES string of the molecule is CCS(=O)(=O)c1ccc(NC(=O)C2(c3ccc(Cl)cc3)CCC2)cc1. The number of hydrogen-bond acceptors (Lipinski definition) is 3. The first-order chi connectivity index (χ1) is 11.9. The number of amides is 1. The zero-order valence-electron chi connectivity index (χ0n) is 14.0. The Morgan fingerprint density at radius 3 is 2.16 bits per heavy atom. The molecule has 0 radical (unpaired) electrons. The molecule has 1 aliphatic carbocycles. The van der Waals surface area contributed by atoms with E-state index >= 15 is 0 Å². The molecular formula is C19H20ClNO3S. The summed E-state index contributed by atoms with van der Waals surface area (Å²) in [5.41, 5.74) is 1.03. The average Bonchev–Trinajstić information content (AvgIpc) is 2.56. The number of sulfone groups is 1. The number of benzene rings is 2. The minimum Gasteiger partial charge on any atom is -0.325 e. The molecule has 0 aliphatic heterocycles. The van der Waals surface area contributed by atoms with Crippen LogP contribution in [0.5, 0.6) is 0 Å². The van der Waals surface area contributed by atoms with E-state index in [1.54, 1.807) is 31.2 Å². The fourth-order valence-electron chi connectivity index (χ4n) is 3.11. The maximum Gasteiger partial charge on any atom is 0.235 e. The van der Waals surface area contributed by atoms with Crippen molar-refractivity contribution in [2.75, 3.05) is 11.1 Å². The van der Waals surface area contributed by atoms with Gasteiger partial charge in [-0.3, -0.25) is 4.79 Å². The summed E-state index contributed by atoms with van der Waals surface area (Å²) < 4.78 is 23.7. The van der Waals surface area contributed by atoms with E-state index in [0.717, 1.165) is 24.8 Å². The van der Waals surface area contributed by atoms with Crippen LogP contribution in [0.2, 0.25) is 5.02 Å². The third kappa shape index (κ3) is 3.44. The van der Waals surface area contributed by atoms with Gasteiger partial charge in [-0.15, -0.1) is 0 Å². The monoisotopic (exact) mass is 377 g/mol. The smallest absolute Gasteiger partial charge is 0.235 e. The Labute approximate surface area is 153 Å². The average molecular weight is 378 g/mol. The van der Waals surface area contributed by atoms with Gasteiger partial charge < -0.3 is 5.32 Å². The zero-order valence-corrected chi connectivity index (χ0v) is 15.5. The van der Waals surface area contributed by atoms with Gasteiger partial charge in [0.25, 0.3) is 0 Å². The molecule has 2 aromatic carbocycles. The lowest BCUT2D eigenvalue weighted by Gasteiger charge is -2.40. The molecule has 0 atom stereocenters. The van der Waals surface area contributed by atoms with Crippen LogP contribution in [-0.4, -0.2) is 20.1 Å². The summed E-state index contributed by atoms with van der Waals surface area (Å²) in [6.45, 7) is 1.61. The highest BCUT2D eigenvalue weighted by molar-refractivity contribution is 7.91. The highest BCUT2D eigenvalue weighted by atomic mass is 35.5. The molecule has 0 spiro atoms. The molecular weight excluding hydrogens is 358 g/mol. The van der Waals surface area contributed by atoms with E-state index in [2.05, 4.69) is 5.32 Å². The number of hydrogen-bond donors (Lipinski definition) is 1. The van der Waals surface area contributed by atoms with Crippen LogP contribution in [0.1, 0.15) is 31.7 Å². The van der Waals surface area contributed by atoms with Gasteiger partial charge >= 0.3 is 0 Å². The summed E-state index contributed by atoms with van der Waals surface area (Å²) in [6, 6.07) is 13.7. The van der Waals surface area contributed by atoms with Gasteiger partial charge in [0.1, 0.15) is 0 Å². The number of nitrogens with one attached hydrogen (secondary N) is 1. The van der Waals surface area contributed by atoms with Crippen LogP contribution in [0.25, 0.3) is 0 Å². The second-order valence-electron chi connectivity index (χ2n) is 6.32. The predicted octanol–water partition coefficient (Wildman–Crippen LogP) is 4.19. The highest BCUT2D eigenvalue weighted by Crippen LogP contribution is 2.44. The van der Waals surface area contributed by atoms with E-state index < -0.39 is 15.3 Å². The summed E-state index contributed by atoms with van der Waals surface area (Å²) >= 11 is 5.95. The Bertz CT molecular complexity index is 870. The van der Waals surface area contributed by atoms with Crippen molar-refractivity contribution in [2.24, 2.45) is 0 Å². The summed E-state index contributed by atoms with van der Waals surface area (Å²) in [7, 11) is -3.24. The van der Waals surface area contributed by atoms with E-state index in [0.29, 0.717) is 10.7 Å². The first-order valence-electron chi connectivity index (χ1n) is 8.28. The quantitative estimate of drug-likeness (QED) is 0.849. The van der Waals surface area contributed by atoms with Crippen LogP contribution >= 0.6 is 11.6 Å². The minimum absolute atomic E-state index is 0.0540. The molecule has 25 heavy (non-hydrogen) atoms. The number of rotatable bonds is 5. The normalized spacial score (nSPS) is 16.1. The summed E-state index contributed by atoms with van der Waals surface area (Å²) in [6.07, 6.45) is 2.59. The Hall–Kier alpha value is -1.85. The van der Waals surface area contributed by atoms with Crippen LogP contribution in [0, 0.1) is 0 Å². The molecule has 6 heteroatoms. The fourth-order valence-corrected chi connectivity index (χ4v) is 4.12. The van der Waals surface area contributed by atoms with Gasteiger partial charge in [0.05, 0.1) is 16.1 Å². The third-order valence-corrected chi connectivity index (χ3v) is 6.89. The van der Waals surface area contributed by atoms with Gasteiger partial charge in [-0.1, -0.05) is 37.1 Å². The Morgan fingerprint density at radius 2 is 1.68 bits per heavy atom. The standard InChI is InChI=1S/C19H20ClNO3S/c1-2-25(23,24)17-10-8-16(9-11-17)21-18(22)19(12-3-13-19)14-4-6-15(20)7-5-14/h4-11H,2-3,12-13H2,1H3,(H,21,22). The summed E-state index contributed by atoms with van der Waals surface area (Å²) in [4.78, 5) is 13.1. The van der Waals surface area contributed by atoms with Crippen molar-refractivity contribution in [3.63, 3.8) is 0 Å². The van der Waals surface area contributed by atoms with Crippen molar-refractivity contribution in [3.8, 4) is 0 Å². The lowest BCUT2D eigenvalue weighted by molar-refractivity contribution is -0.124. The fraction of sp³-hybridized carbons (Fsp3) is 0.316. The first-order valence-corrected chi connectivity index (χ1v) is 10.3. The first kappa shape index (κ1) is 18.0. The van der Waals surface area contributed by atoms with E-state index in [4.69, 9.17) is 11.6 Å². The molecule has 1 saturated carbocycles. The molecule has 3 rings (SSSR count). The molecule has 0 bridgehead atoms. The van der Waals surface area contributed by atoms with E-state index in [-0.39, 0.29) is 16.6 Å². The highest BCUT2D eigenvalue weighted by Gasteiger charge is 2.45. The van der Waals surface area contributed by atoms with Crippen molar-refractivity contribution in [3.05, 3.63) is 59.1 Å². The number of carbonyl (C=O) groups excluding carboxylic acids is 1. The van der Waals surface area contributed by atoms with Gasteiger partial charge in [-0.05, 0) is 54.8 Å². The lowest BCUT2D eigenvalue weighted by atomic mass is 9.64. The van der Waals surface area contributed by atoms with Gasteiger partial charge in [0.15, 0.2) is 9.84 Å². The predicted molar refractivity (Wildman–Crippen MR) is 99.8 cm³/mol. The molecule has 0 saturated heterocycles. The van der Waals surface area contributed by atoms with Crippen LogP contribution in [-0.2, 0) is 20.0 Å². The van der Waals surface area contributed by atoms with Gasteiger partial charge in [-0.25, -0.2) is 8.42 Å². The van der Waals surface area contributed by atoms with Crippen molar-refractivity contribution < 1.29 is 13.2 Å². The maximum atomic E-state index is 12.9. The Morgan fingerprint density at radius 1 is 1.08 bits per heavy atom. The van der Waals surface area contributed by atoms with Crippen molar-refractivity contribution >= 4 is 33.0 Å². The van der Waals surface area contributed by atoms with Crippen LogP contribution in [0.15, 0.2) is 53.4 Å². The second-order valence-corrected chi connectivity index (χ2v) is 9.04. The molecule has 132 valence electrons. The molecule has 1 aliphatic rings. The molecule has 1 fully saturated rings. The van der Waals surface area contributed by atoms with Gasteiger partial charge in [-0.2, -0.15) is 0 Å². The van der Waals surface area contributed by atoms with Crippen molar-refractivity contribution in [1.82, 2.24) is 0 Å². The molecule has 2 aromatic rings. The van der Waals surface area contributed by atoms with Gasteiger partial charge in [0.2, 0.25) is 5.91 Å². The second kappa shape index (κ2) is 6.81. The van der Waals surface area contributed by atoms with E-state index in [1.165, 1.54) is 12.1 Å². The number of carbonyl (C=O) groups is 1. The Balaban J connectivity index is 1.80. The van der Waals surface area contributed by atoms with Crippen molar-refractivity contribution in [2.45, 2.75) is 36.5 Å². The largest absolute Gasteiger partial charge is 0.325 e. The summed E-state index contributed by atoms with van der Waals surface area (Å²) in [5, 5.41) is 3.57. The lowest BCUT2D eigenvalue weighted by Crippen LogP contribution is -2.45. The minimum atomic E-state index is -3.24. The van der Waals surface area contributed by atoms with E-state index in [9.17, 15) is 13.2 Å². The molecule has 0 aromatic heterocycles. The molecule has 0 heterocycles. The molecule has 1 N–H and O–H groups in total. The van der Waals surface area contributed by atoms with Crippen LogP contribution in [0.3, 0.4) is 0 Å². The van der Waals surface area contributed by atoms with Crippen LogP contribution in [0.4, 0.5) is 5.69 Å². The topological polar surface area (TPSA) is 63.2 Å². The van der Waals surface area contributed by atoms with Gasteiger partial charge in [0, 0.05) is 10.7 Å². The third-order valence-electron chi connectivity index (χ3n) is 4.89. The Kier molecular flexibility index (Phi) is 4.89. The van der Waals surface area contributed by atoms with Crippen molar-refractivity contribution in [1.29, 1.82) is 0 Å². The molecule has 1 amide bonds. The zero-order chi connectivity index (χ0) is 18.1. The summed E-state index contributed by atoms with van der Waals surface area (Å²) in [5.74, 6) is -0.00885. The molecule has 4 nitrogen and oxygen atoms in total. The van der Waals surface area contributed by atoms with E-state index in [1.807, 2.05) is 12.1 Å². The maximum absolute atomic E-state index is 12.9. The number of anilines is 1. The molecule has 0 unspecified atom stereocenters.